The van der Waals surface area contributed by atoms with Gasteiger partial charge in [-0.3, -0.25) is 4.68 Å². The normalized spacial score (nSPS) is 11.1. The molecule has 0 atom stereocenters. The summed E-state index contributed by atoms with van der Waals surface area (Å²) in [6, 6.07) is 19.9. The van der Waals surface area contributed by atoms with Crippen LogP contribution in [0.2, 0.25) is 0 Å². The molecule has 0 aliphatic rings. The zero-order chi connectivity index (χ0) is 25.8. The molecule has 3 aromatic carbocycles. The second-order valence-electron chi connectivity index (χ2n) is 8.94. The quantitative estimate of drug-likeness (QED) is 0.299. The van der Waals surface area contributed by atoms with Gasteiger partial charge in [-0.25, -0.2) is 9.18 Å². The van der Waals surface area contributed by atoms with Gasteiger partial charge in [0.2, 0.25) is 0 Å². The molecule has 4 aromatic rings. The van der Waals surface area contributed by atoms with Crippen molar-refractivity contribution in [2.45, 2.75) is 33.2 Å². The molecule has 1 aromatic heterocycles. The fourth-order valence-corrected chi connectivity index (χ4v) is 4.23. The summed E-state index contributed by atoms with van der Waals surface area (Å²) in [5.41, 5.74) is 5.57. The molecule has 0 spiro atoms. The third-order valence-corrected chi connectivity index (χ3v) is 6.01. The van der Waals surface area contributed by atoms with E-state index >= 15 is 0 Å². The third-order valence-electron chi connectivity index (χ3n) is 6.01. The molecule has 0 radical (unpaired) electrons. The molecular weight excluding hydrogens is 459 g/mol. The maximum Gasteiger partial charge on any atom is 0.341 e. The lowest BCUT2D eigenvalue weighted by Crippen LogP contribution is -2.11. The fourth-order valence-electron chi connectivity index (χ4n) is 4.23. The Morgan fingerprint density at radius 2 is 1.83 bits per heavy atom. The number of aryl methyl sites for hydroxylation is 1. The van der Waals surface area contributed by atoms with E-state index in [0.717, 1.165) is 22.4 Å². The predicted molar refractivity (Wildman–Crippen MR) is 137 cm³/mol. The van der Waals surface area contributed by atoms with Crippen LogP contribution in [0, 0.1) is 12.7 Å². The van der Waals surface area contributed by atoms with Crippen LogP contribution in [0.5, 0.6) is 11.5 Å². The number of carboxylic acids is 1. The molecule has 7 heteroatoms. The predicted octanol–water partition coefficient (Wildman–Crippen LogP) is 6.31. The summed E-state index contributed by atoms with van der Waals surface area (Å²) < 4.78 is 27.2. The van der Waals surface area contributed by atoms with Gasteiger partial charge in [0.1, 0.15) is 17.3 Å². The van der Waals surface area contributed by atoms with E-state index in [1.165, 1.54) is 12.1 Å². The third kappa shape index (κ3) is 5.40. The van der Waals surface area contributed by atoms with Crippen molar-refractivity contribution in [1.82, 2.24) is 9.78 Å². The lowest BCUT2D eigenvalue weighted by molar-refractivity contribution is -0.139. The summed E-state index contributed by atoms with van der Waals surface area (Å²) in [6.45, 7) is 6.02. The molecule has 36 heavy (non-hydrogen) atoms. The molecule has 6 nitrogen and oxygen atoms in total. The van der Waals surface area contributed by atoms with Gasteiger partial charge in [0.05, 0.1) is 25.0 Å². The van der Waals surface area contributed by atoms with Crippen LogP contribution in [0.3, 0.4) is 0 Å². The molecule has 1 heterocycles. The Bertz CT molecular complexity index is 1390. The molecule has 186 valence electrons. The maximum absolute atomic E-state index is 14.2. The standard InChI is InChI=1S/C29H29FN2O4/c1-18(2)22-12-19(3)29(27(14-22)36-17-28(33)34)24-15-25(20-9-7-10-23(30)13-20)32(31-24)16-21-8-5-6-11-26(21)35-4/h5-15,18H,16-17H2,1-4H3,(H,33,34). The first-order chi connectivity index (χ1) is 17.3. The number of carboxylic acid groups (broad SMARTS) is 1. The maximum atomic E-state index is 14.2. The number of rotatable bonds is 9. The lowest BCUT2D eigenvalue weighted by Gasteiger charge is -2.16. The Balaban J connectivity index is 1.89. The number of aromatic nitrogens is 2. The molecule has 0 saturated carbocycles. The van der Waals surface area contributed by atoms with E-state index in [1.807, 2.05) is 49.4 Å². The van der Waals surface area contributed by atoms with E-state index in [1.54, 1.807) is 17.9 Å². The van der Waals surface area contributed by atoms with Crippen LogP contribution in [0.1, 0.15) is 36.5 Å². The summed E-state index contributed by atoms with van der Waals surface area (Å²) in [6.07, 6.45) is 0. The van der Waals surface area contributed by atoms with Crippen LogP contribution < -0.4 is 9.47 Å². The topological polar surface area (TPSA) is 73.6 Å². The Morgan fingerprint density at radius 1 is 1.06 bits per heavy atom. The zero-order valence-electron chi connectivity index (χ0n) is 20.8. The van der Waals surface area contributed by atoms with Crippen molar-refractivity contribution in [3.8, 4) is 34.0 Å². The monoisotopic (exact) mass is 488 g/mol. The highest BCUT2D eigenvalue weighted by atomic mass is 19.1. The number of aliphatic carboxylic acids is 1. The van der Waals surface area contributed by atoms with E-state index in [-0.39, 0.29) is 11.7 Å². The van der Waals surface area contributed by atoms with Gasteiger partial charge in [-0.2, -0.15) is 5.10 Å². The van der Waals surface area contributed by atoms with Gasteiger partial charge in [0.25, 0.3) is 0 Å². The summed E-state index contributed by atoms with van der Waals surface area (Å²) in [5.74, 6) is 0.00477. The minimum Gasteiger partial charge on any atom is -0.496 e. The first kappa shape index (κ1) is 25.0. The summed E-state index contributed by atoms with van der Waals surface area (Å²) >= 11 is 0. The highest BCUT2D eigenvalue weighted by Crippen LogP contribution is 2.38. The Labute approximate surface area is 209 Å². The smallest absolute Gasteiger partial charge is 0.341 e. The molecule has 4 rings (SSSR count). The minimum atomic E-state index is -1.06. The van der Waals surface area contributed by atoms with Crippen LogP contribution in [-0.2, 0) is 11.3 Å². The van der Waals surface area contributed by atoms with Crippen LogP contribution in [0.4, 0.5) is 4.39 Å². The van der Waals surface area contributed by atoms with Gasteiger partial charge in [-0.05, 0) is 54.3 Å². The van der Waals surface area contributed by atoms with Gasteiger partial charge >= 0.3 is 5.97 Å². The number of benzene rings is 3. The van der Waals surface area contributed by atoms with Crippen LogP contribution >= 0.6 is 0 Å². The average molecular weight is 489 g/mol. The SMILES string of the molecule is COc1ccccc1Cn1nc(-c2c(C)cc(C(C)C)cc2OCC(=O)O)cc1-c1cccc(F)c1. The minimum absolute atomic E-state index is 0.232. The van der Waals surface area contributed by atoms with Gasteiger partial charge < -0.3 is 14.6 Å². The van der Waals surface area contributed by atoms with Crippen LogP contribution in [0.25, 0.3) is 22.5 Å². The summed E-state index contributed by atoms with van der Waals surface area (Å²) in [7, 11) is 1.62. The molecule has 0 unspecified atom stereocenters. The lowest BCUT2D eigenvalue weighted by atomic mass is 9.95. The molecule has 0 saturated heterocycles. The van der Waals surface area contributed by atoms with E-state index in [0.29, 0.717) is 34.8 Å². The Hall–Kier alpha value is -4.13. The number of ether oxygens (including phenoxy) is 2. The Kier molecular flexibility index (Phi) is 7.38. The fraction of sp³-hybridized carbons (Fsp3) is 0.241. The summed E-state index contributed by atoms with van der Waals surface area (Å²) in [5, 5.41) is 14.1. The van der Waals surface area contributed by atoms with E-state index in [2.05, 4.69) is 19.9 Å². The van der Waals surface area contributed by atoms with Gasteiger partial charge in [-0.15, -0.1) is 0 Å². The van der Waals surface area contributed by atoms with Crippen molar-refractivity contribution in [2.75, 3.05) is 13.7 Å². The van der Waals surface area contributed by atoms with Crippen molar-refractivity contribution in [3.05, 3.63) is 89.2 Å². The van der Waals surface area contributed by atoms with Crippen LogP contribution in [0.15, 0.2) is 66.7 Å². The van der Waals surface area contributed by atoms with Crippen molar-refractivity contribution < 1.29 is 23.8 Å². The van der Waals surface area contributed by atoms with Crippen molar-refractivity contribution in [2.24, 2.45) is 0 Å². The number of hydrogen-bond acceptors (Lipinski definition) is 4. The first-order valence-electron chi connectivity index (χ1n) is 11.7. The number of halogens is 1. The second-order valence-corrected chi connectivity index (χ2v) is 8.94. The molecule has 0 aliphatic heterocycles. The van der Waals surface area contributed by atoms with Gasteiger partial charge in [0.15, 0.2) is 6.61 Å². The molecular formula is C29H29FN2O4. The van der Waals surface area contributed by atoms with Gasteiger partial charge in [-0.1, -0.05) is 50.2 Å². The molecule has 0 aliphatic carbocycles. The molecule has 0 amide bonds. The molecule has 0 fully saturated rings. The van der Waals surface area contributed by atoms with Crippen molar-refractivity contribution in [3.63, 3.8) is 0 Å². The number of hydrogen-bond donors (Lipinski definition) is 1. The zero-order valence-corrected chi connectivity index (χ0v) is 20.8. The molecule has 1 N–H and O–H groups in total. The first-order valence-corrected chi connectivity index (χ1v) is 11.7. The van der Waals surface area contributed by atoms with Crippen molar-refractivity contribution >= 4 is 5.97 Å². The van der Waals surface area contributed by atoms with Gasteiger partial charge in [0, 0.05) is 16.7 Å². The molecule has 0 bridgehead atoms. The summed E-state index contributed by atoms with van der Waals surface area (Å²) in [4.78, 5) is 11.3. The number of methoxy groups -OCH3 is 1. The number of carbonyl (C=O) groups is 1. The average Bonchev–Trinajstić information content (AvgIpc) is 3.25. The second kappa shape index (κ2) is 10.6. The van der Waals surface area contributed by atoms with Crippen molar-refractivity contribution in [1.29, 1.82) is 0 Å². The van der Waals surface area contributed by atoms with E-state index < -0.39 is 12.6 Å². The highest BCUT2D eigenvalue weighted by molar-refractivity contribution is 5.77. The Morgan fingerprint density at radius 3 is 2.53 bits per heavy atom. The van der Waals surface area contributed by atoms with E-state index in [4.69, 9.17) is 14.6 Å². The largest absolute Gasteiger partial charge is 0.496 e. The number of nitrogens with zero attached hydrogens (tertiary/aromatic N) is 2. The number of para-hydroxylation sites is 1. The van der Waals surface area contributed by atoms with E-state index in [9.17, 15) is 14.3 Å². The van der Waals surface area contributed by atoms with Crippen LogP contribution in [-0.4, -0.2) is 34.6 Å². The highest BCUT2D eigenvalue weighted by Gasteiger charge is 2.20.